The maximum atomic E-state index is 12.1. The predicted octanol–water partition coefficient (Wildman–Crippen LogP) is 2.74. The van der Waals surface area contributed by atoms with Gasteiger partial charge >= 0.3 is 0 Å². The topological polar surface area (TPSA) is 81.5 Å². The summed E-state index contributed by atoms with van der Waals surface area (Å²) >= 11 is 5.60. The number of hydrogen-bond donors (Lipinski definition) is 1. The highest BCUT2D eigenvalue weighted by molar-refractivity contribution is 6.17. The molecule has 20 heavy (non-hydrogen) atoms. The van der Waals surface area contributed by atoms with E-state index in [2.05, 4.69) is 5.32 Å². The molecule has 1 aromatic rings. The number of rotatable bonds is 7. The zero-order valence-corrected chi connectivity index (χ0v) is 12.1. The zero-order chi connectivity index (χ0) is 15.1. The molecule has 7 heteroatoms. The Bertz CT molecular complexity index is 493. The van der Waals surface area contributed by atoms with E-state index < -0.39 is 4.92 Å². The molecule has 0 bridgehead atoms. The summed E-state index contributed by atoms with van der Waals surface area (Å²) in [6, 6.07) is 3.88. The number of carbonyl (C=O) groups excluding carboxylic acids is 1. The van der Waals surface area contributed by atoms with Crippen LogP contribution in [0, 0.1) is 10.1 Å². The van der Waals surface area contributed by atoms with Gasteiger partial charge in [-0.3, -0.25) is 14.9 Å². The Labute approximate surface area is 122 Å². The van der Waals surface area contributed by atoms with E-state index in [1.54, 1.807) is 0 Å². The minimum Gasteiger partial charge on any atom is -0.496 e. The molecule has 1 N–H and O–H groups in total. The highest BCUT2D eigenvalue weighted by Gasteiger charge is 2.17. The summed E-state index contributed by atoms with van der Waals surface area (Å²) in [5, 5.41) is 13.5. The van der Waals surface area contributed by atoms with Crippen LogP contribution in [0.25, 0.3) is 0 Å². The van der Waals surface area contributed by atoms with Gasteiger partial charge in [0.05, 0.1) is 23.7 Å². The second-order valence-corrected chi connectivity index (χ2v) is 4.73. The van der Waals surface area contributed by atoms with E-state index in [9.17, 15) is 14.9 Å². The van der Waals surface area contributed by atoms with E-state index >= 15 is 0 Å². The summed E-state index contributed by atoms with van der Waals surface area (Å²) in [5.74, 6) is 0.404. The van der Waals surface area contributed by atoms with Crippen LogP contribution in [0.4, 0.5) is 5.69 Å². The van der Waals surface area contributed by atoms with Gasteiger partial charge in [0.1, 0.15) is 5.75 Å². The maximum absolute atomic E-state index is 12.1. The zero-order valence-electron chi connectivity index (χ0n) is 11.4. The molecule has 0 aliphatic heterocycles. The van der Waals surface area contributed by atoms with Crippen molar-refractivity contribution in [3.63, 3.8) is 0 Å². The Morgan fingerprint density at radius 3 is 2.80 bits per heavy atom. The largest absolute Gasteiger partial charge is 0.496 e. The van der Waals surface area contributed by atoms with Crippen LogP contribution in [0.3, 0.4) is 0 Å². The number of nitro groups is 1. The van der Waals surface area contributed by atoms with Crippen molar-refractivity contribution in [3.05, 3.63) is 33.9 Å². The van der Waals surface area contributed by atoms with E-state index in [1.807, 2.05) is 6.92 Å². The predicted molar refractivity (Wildman–Crippen MR) is 76.5 cm³/mol. The number of ether oxygens (including phenoxy) is 1. The van der Waals surface area contributed by atoms with Crippen molar-refractivity contribution in [1.82, 2.24) is 5.32 Å². The Morgan fingerprint density at radius 1 is 1.55 bits per heavy atom. The molecule has 0 saturated carbocycles. The summed E-state index contributed by atoms with van der Waals surface area (Å²) in [5.41, 5.74) is 0.157. The van der Waals surface area contributed by atoms with Crippen molar-refractivity contribution in [2.24, 2.45) is 0 Å². The Kier molecular flexibility index (Phi) is 6.24. The van der Waals surface area contributed by atoms with Crippen LogP contribution in [0.2, 0.25) is 0 Å². The third-order valence-electron chi connectivity index (χ3n) is 2.79. The number of carbonyl (C=O) groups is 1. The lowest BCUT2D eigenvalue weighted by Gasteiger charge is -2.14. The molecule has 0 aliphatic carbocycles. The molecule has 1 atom stereocenters. The molecule has 1 rings (SSSR count). The molecule has 0 aromatic heterocycles. The molecule has 1 amide bonds. The molecule has 0 radical (unpaired) electrons. The number of halogens is 1. The normalized spacial score (nSPS) is 11.8. The molecular formula is C13H17ClN2O4. The van der Waals surface area contributed by atoms with Crippen molar-refractivity contribution >= 4 is 23.2 Å². The van der Waals surface area contributed by atoms with Gasteiger partial charge in [0.15, 0.2) is 0 Å². The molecule has 1 unspecified atom stereocenters. The van der Waals surface area contributed by atoms with Crippen molar-refractivity contribution in [2.75, 3.05) is 13.0 Å². The van der Waals surface area contributed by atoms with Gasteiger partial charge in [-0.2, -0.15) is 0 Å². The number of amides is 1. The van der Waals surface area contributed by atoms with Crippen LogP contribution in [0.15, 0.2) is 18.2 Å². The Morgan fingerprint density at radius 2 is 2.25 bits per heavy atom. The van der Waals surface area contributed by atoms with Crippen molar-refractivity contribution < 1.29 is 14.5 Å². The number of hydrogen-bond acceptors (Lipinski definition) is 4. The monoisotopic (exact) mass is 300 g/mol. The van der Waals surface area contributed by atoms with Gasteiger partial charge in [-0.25, -0.2) is 0 Å². The van der Waals surface area contributed by atoms with Crippen molar-refractivity contribution in [1.29, 1.82) is 0 Å². The van der Waals surface area contributed by atoms with Crippen LogP contribution in [-0.4, -0.2) is 29.9 Å². The molecule has 0 spiro atoms. The van der Waals surface area contributed by atoms with Crippen molar-refractivity contribution in [2.45, 2.75) is 25.8 Å². The van der Waals surface area contributed by atoms with Crippen LogP contribution >= 0.6 is 11.6 Å². The molecule has 0 saturated heterocycles. The highest BCUT2D eigenvalue weighted by atomic mass is 35.5. The van der Waals surface area contributed by atoms with Gasteiger partial charge < -0.3 is 10.1 Å². The van der Waals surface area contributed by atoms with E-state index in [0.29, 0.717) is 5.88 Å². The van der Waals surface area contributed by atoms with Crippen LogP contribution in [0.5, 0.6) is 5.75 Å². The molecule has 110 valence electrons. The lowest BCUT2D eigenvalue weighted by molar-refractivity contribution is -0.384. The second-order valence-electron chi connectivity index (χ2n) is 4.35. The third kappa shape index (κ3) is 4.38. The van der Waals surface area contributed by atoms with E-state index in [1.165, 1.54) is 25.3 Å². The quantitative estimate of drug-likeness (QED) is 0.477. The van der Waals surface area contributed by atoms with Gasteiger partial charge in [0.25, 0.3) is 11.6 Å². The number of benzene rings is 1. The average Bonchev–Trinajstić information content (AvgIpc) is 2.44. The number of alkyl halides is 1. The fourth-order valence-electron chi connectivity index (χ4n) is 1.74. The fourth-order valence-corrected chi connectivity index (χ4v) is 1.89. The first-order valence-corrected chi connectivity index (χ1v) is 6.72. The van der Waals surface area contributed by atoms with Gasteiger partial charge in [-0.05, 0) is 25.8 Å². The maximum Gasteiger partial charge on any atom is 0.273 e. The molecule has 6 nitrogen and oxygen atoms in total. The standard InChI is InChI=1S/C13H17ClN2O4/c1-9(4-3-7-14)15-13(17)11-6-5-10(16(18)19)8-12(11)20-2/h5-6,8-9H,3-4,7H2,1-2H3,(H,15,17). The number of non-ortho nitro benzene ring substituents is 1. The van der Waals surface area contributed by atoms with Crippen molar-refractivity contribution in [3.8, 4) is 5.75 Å². The summed E-state index contributed by atoms with van der Waals surface area (Å²) < 4.78 is 5.03. The second kappa shape index (κ2) is 7.69. The molecule has 0 fully saturated rings. The van der Waals surface area contributed by atoms with E-state index in [0.717, 1.165) is 12.8 Å². The SMILES string of the molecule is COc1cc([N+](=O)[O-])ccc1C(=O)NC(C)CCCCl. The minimum absolute atomic E-state index is 0.0267. The molecule has 0 heterocycles. The fraction of sp³-hybridized carbons (Fsp3) is 0.462. The Hall–Kier alpha value is -1.82. The number of nitrogens with one attached hydrogen (secondary N) is 1. The first-order chi connectivity index (χ1) is 9.49. The number of methoxy groups -OCH3 is 1. The van der Waals surface area contributed by atoms with Gasteiger partial charge in [0, 0.05) is 18.0 Å². The van der Waals surface area contributed by atoms with Gasteiger partial charge in [-0.15, -0.1) is 11.6 Å². The first-order valence-electron chi connectivity index (χ1n) is 6.18. The van der Waals surface area contributed by atoms with Gasteiger partial charge in [-0.1, -0.05) is 0 Å². The molecule has 1 aromatic carbocycles. The third-order valence-corrected chi connectivity index (χ3v) is 3.06. The summed E-state index contributed by atoms with van der Waals surface area (Å²) in [7, 11) is 1.37. The summed E-state index contributed by atoms with van der Waals surface area (Å²) in [4.78, 5) is 22.2. The number of nitro benzene ring substituents is 1. The molecule has 0 aliphatic rings. The first kappa shape index (κ1) is 16.2. The summed E-state index contributed by atoms with van der Waals surface area (Å²) in [6.07, 6.45) is 1.57. The minimum atomic E-state index is -0.534. The van der Waals surface area contributed by atoms with Crippen LogP contribution in [0.1, 0.15) is 30.1 Å². The smallest absolute Gasteiger partial charge is 0.273 e. The lowest BCUT2D eigenvalue weighted by Crippen LogP contribution is -2.32. The average molecular weight is 301 g/mol. The van der Waals surface area contributed by atoms with Gasteiger partial charge in [0.2, 0.25) is 0 Å². The van der Waals surface area contributed by atoms with Crippen LogP contribution in [-0.2, 0) is 0 Å². The highest BCUT2D eigenvalue weighted by Crippen LogP contribution is 2.24. The summed E-state index contributed by atoms with van der Waals surface area (Å²) in [6.45, 7) is 1.88. The number of nitrogens with zero attached hydrogens (tertiary/aromatic N) is 1. The van der Waals surface area contributed by atoms with Crippen LogP contribution < -0.4 is 10.1 Å². The van der Waals surface area contributed by atoms with E-state index in [4.69, 9.17) is 16.3 Å². The Balaban J connectivity index is 2.84. The van der Waals surface area contributed by atoms with E-state index in [-0.39, 0.29) is 28.9 Å². The molecular weight excluding hydrogens is 284 g/mol. The lowest BCUT2D eigenvalue weighted by atomic mass is 10.1.